The molecule has 0 fully saturated rings. The van der Waals surface area contributed by atoms with Gasteiger partial charge in [0.05, 0.1) is 11.8 Å². The topological polar surface area (TPSA) is 59.8 Å². The molecule has 3 aromatic rings. The summed E-state index contributed by atoms with van der Waals surface area (Å²) in [5.74, 6) is 0.537. The van der Waals surface area contributed by atoms with Crippen LogP contribution in [0.2, 0.25) is 0 Å². The summed E-state index contributed by atoms with van der Waals surface area (Å²) in [6.45, 7) is 1.96. The Morgan fingerprint density at radius 3 is 2.76 bits per heavy atom. The molecule has 0 aliphatic rings. The van der Waals surface area contributed by atoms with E-state index < -0.39 is 0 Å². The van der Waals surface area contributed by atoms with Gasteiger partial charge in [-0.25, -0.2) is 4.39 Å². The smallest absolute Gasteiger partial charge is 0.230 e. The van der Waals surface area contributed by atoms with Crippen LogP contribution in [0.1, 0.15) is 17.8 Å². The van der Waals surface area contributed by atoms with Crippen LogP contribution in [0.5, 0.6) is 0 Å². The normalized spacial score (nSPS) is 12.1. The van der Waals surface area contributed by atoms with Crippen molar-refractivity contribution in [2.45, 2.75) is 18.1 Å². The molecule has 130 valence electrons. The number of nitrogens with zero attached hydrogens (tertiary/aromatic N) is 3. The van der Waals surface area contributed by atoms with E-state index in [0.29, 0.717) is 11.0 Å². The minimum Gasteiger partial charge on any atom is -0.348 e. The molecule has 1 N–H and O–H groups in total. The summed E-state index contributed by atoms with van der Waals surface area (Å²) in [5, 5.41) is 13.8. The molecule has 0 saturated carbocycles. The molecule has 1 atom stereocenters. The molecule has 1 unspecified atom stereocenters. The number of thiophene rings is 1. The number of nitrogens with one attached hydrogen (secondary N) is 1. The van der Waals surface area contributed by atoms with Gasteiger partial charge in [0.2, 0.25) is 5.91 Å². The van der Waals surface area contributed by atoms with Crippen molar-refractivity contribution in [2.75, 3.05) is 5.75 Å². The molecule has 1 amide bonds. The largest absolute Gasteiger partial charge is 0.348 e. The van der Waals surface area contributed by atoms with E-state index in [-0.39, 0.29) is 23.5 Å². The summed E-state index contributed by atoms with van der Waals surface area (Å²) < 4.78 is 14.8. The fourth-order valence-electron chi connectivity index (χ4n) is 2.31. The van der Waals surface area contributed by atoms with Gasteiger partial charge >= 0.3 is 0 Å². The number of hydrogen-bond donors (Lipinski definition) is 1. The van der Waals surface area contributed by atoms with Crippen LogP contribution in [-0.2, 0) is 11.8 Å². The number of aromatic nitrogens is 3. The Bertz CT molecular complexity index is 846. The van der Waals surface area contributed by atoms with E-state index in [2.05, 4.69) is 15.5 Å². The van der Waals surface area contributed by atoms with Crippen molar-refractivity contribution in [1.29, 1.82) is 0 Å². The Labute approximate surface area is 153 Å². The first-order valence-electron chi connectivity index (χ1n) is 7.65. The number of amides is 1. The minimum absolute atomic E-state index is 0.0117. The highest BCUT2D eigenvalue weighted by atomic mass is 32.2. The lowest BCUT2D eigenvalue weighted by atomic mass is 10.2. The maximum absolute atomic E-state index is 13.0. The molecular weight excluding hydrogens is 359 g/mol. The van der Waals surface area contributed by atoms with Gasteiger partial charge in [-0.3, -0.25) is 4.79 Å². The Morgan fingerprint density at radius 2 is 2.08 bits per heavy atom. The van der Waals surface area contributed by atoms with E-state index in [0.717, 1.165) is 10.4 Å². The van der Waals surface area contributed by atoms with Gasteiger partial charge in [-0.15, -0.1) is 21.5 Å². The molecule has 0 spiro atoms. The summed E-state index contributed by atoms with van der Waals surface area (Å²) in [7, 11) is 1.83. The van der Waals surface area contributed by atoms with E-state index in [9.17, 15) is 9.18 Å². The van der Waals surface area contributed by atoms with Crippen LogP contribution in [0.4, 0.5) is 4.39 Å². The summed E-state index contributed by atoms with van der Waals surface area (Å²) in [4.78, 5) is 13.2. The summed E-state index contributed by atoms with van der Waals surface area (Å²) in [5.41, 5.74) is 0.777. The Kier molecular flexibility index (Phi) is 5.50. The van der Waals surface area contributed by atoms with Crippen molar-refractivity contribution in [3.8, 4) is 11.4 Å². The van der Waals surface area contributed by atoms with Crippen LogP contribution in [0.25, 0.3) is 11.4 Å². The molecule has 0 saturated heterocycles. The molecule has 2 heterocycles. The third kappa shape index (κ3) is 4.26. The van der Waals surface area contributed by atoms with Gasteiger partial charge in [0.25, 0.3) is 0 Å². The Morgan fingerprint density at radius 1 is 1.32 bits per heavy atom. The average molecular weight is 376 g/mol. The van der Waals surface area contributed by atoms with Crippen molar-refractivity contribution in [2.24, 2.45) is 7.05 Å². The van der Waals surface area contributed by atoms with E-state index in [4.69, 9.17) is 0 Å². The molecule has 25 heavy (non-hydrogen) atoms. The highest BCUT2D eigenvalue weighted by Gasteiger charge is 2.15. The number of thioether (sulfide) groups is 1. The van der Waals surface area contributed by atoms with E-state index >= 15 is 0 Å². The van der Waals surface area contributed by atoms with E-state index in [1.54, 1.807) is 28.0 Å². The van der Waals surface area contributed by atoms with Crippen LogP contribution in [0, 0.1) is 5.82 Å². The minimum atomic E-state index is -0.294. The lowest BCUT2D eigenvalue weighted by Gasteiger charge is -2.11. The maximum Gasteiger partial charge on any atom is 0.230 e. The van der Waals surface area contributed by atoms with Gasteiger partial charge in [0, 0.05) is 17.5 Å². The first-order chi connectivity index (χ1) is 12.0. The zero-order chi connectivity index (χ0) is 17.8. The third-order valence-electron chi connectivity index (χ3n) is 3.62. The fraction of sp³-hybridized carbons (Fsp3) is 0.235. The van der Waals surface area contributed by atoms with Crippen LogP contribution in [-0.4, -0.2) is 26.4 Å². The highest BCUT2D eigenvalue weighted by molar-refractivity contribution is 7.99. The zero-order valence-electron chi connectivity index (χ0n) is 13.8. The molecule has 0 aliphatic carbocycles. The highest BCUT2D eigenvalue weighted by Crippen LogP contribution is 2.23. The quantitative estimate of drug-likeness (QED) is 0.667. The van der Waals surface area contributed by atoms with Crippen molar-refractivity contribution in [3.63, 3.8) is 0 Å². The SMILES string of the molecule is CC(NC(=O)CSc1nnc(-c2ccc(F)cc2)n1C)c1cccs1. The van der Waals surface area contributed by atoms with E-state index in [1.807, 2.05) is 31.5 Å². The lowest BCUT2D eigenvalue weighted by molar-refractivity contribution is -0.119. The predicted octanol–water partition coefficient (Wildman–Crippen LogP) is 3.65. The summed E-state index contributed by atoms with van der Waals surface area (Å²) >= 11 is 2.94. The molecule has 5 nitrogen and oxygen atoms in total. The molecular formula is C17H17FN4OS2. The van der Waals surface area contributed by atoms with Crippen molar-refractivity contribution in [3.05, 3.63) is 52.5 Å². The second-order valence-electron chi connectivity index (χ2n) is 5.47. The first kappa shape index (κ1) is 17.6. The molecule has 1 aromatic carbocycles. The van der Waals surface area contributed by atoms with Crippen molar-refractivity contribution < 1.29 is 9.18 Å². The monoisotopic (exact) mass is 376 g/mol. The molecule has 0 aliphatic heterocycles. The van der Waals surface area contributed by atoms with Gasteiger partial charge in [-0.2, -0.15) is 0 Å². The van der Waals surface area contributed by atoms with Gasteiger partial charge in [0.1, 0.15) is 5.82 Å². The Balaban J connectivity index is 1.60. The third-order valence-corrected chi connectivity index (χ3v) is 5.69. The number of carbonyl (C=O) groups is 1. The Hall–Kier alpha value is -2.19. The van der Waals surface area contributed by atoms with Gasteiger partial charge in [0.15, 0.2) is 11.0 Å². The number of hydrogen-bond acceptors (Lipinski definition) is 5. The summed E-state index contributed by atoms with van der Waals surface area (Å²) in [6.07, 6.45) is 0. The second-order valence-corrected chi connectivity index (χ2v) is 7.39. The number of carbonyl (C=O) groups excluding carboxylic acids is 1. The molecule has 8 heteroatoms. The molecule has 0 radical (unpaired) electrons. The van der Waals surface area contributed by atoms with Gasteiger partial charge in [-0.05, 0) is 42.6 Å². The second kappa shape index (κ2) is 7.79. The fourth-order valence-corrected chi connectivity index (χ4v) is 3.77. The van der Waals surface area contributed by atoms with Gasteiger partial charge < -0.3 is 9.88 Å². The van der Waals surface area contributed by atoms with Crippen LogP contribution in [0.3, 0.4) is 0 Å². The predicted molar refractivity (Wildman–Crippen MR) is 98.0 cm³/mol. The summed E-state index contributed by atoms with van der Waals surface area (Å²) in [6, 6.07) is 10.0. The molecule has 0 bridgehead atoms. The molecule has 2 aromatic heterocycles. The lowest BCUT2D eigenvalue weighted by Crippen LogP contribution is -2.27. The number of rotatable bonds is 6. The van der Waals surface area contributed by atoms with Crippen molar-refractivity contribution in [1.82, 2.24) is 20.1 Å². The van der Waals surface area contributed by atoms with Gasteiger partial charge in [-0.1, -0.05) is 17.8 Å². The van der Waals surface area contributed by atoms with Crippen molar-refractivity contribution >= 4 is 29.0 Å². The standard InChI is InChI=1S/C17H17FN4OS2/c1-11(14-4-3-9-24-14)19-15(23)10-25-17-21-20-16(22(17)2)12-5-7-13(18)8-6-12/h3-9,11H,10H2,1-2H3,(H,19,23). The number of benzene rings is 1. The van der Waals surface area contributed by atoms with Crippen LogP contribution < -0.4 is 5.32 Å². The van der Waals surface area contributed by atoms with Crippen LogP contribution in [0.15, 0.2) is 46.9 Å². The van der Waals surface area contributed by atoms with E-state index in [1.165, 1.54) is 23.9 Å². The van der Waals surface area contributed by atoms with Crippen LogP contribution >= 0.6 is 23.1 Å². The maximum atomic E-state index is 13.0. The molecule has 3 rings (SSSR count). The zero-order valence-corrected chi connectivity index (χ0v) is 15.4. The average Bonchev–Trinajstić information content (AvgIpc) is 3.24. The first-order valence-corrected chi connectivity index (χ1v) is 9.52. The number of halogens is 1.